The van der Waals surface area contributed by atoms with Crippen molar-refractivity contribution in [2.24, 2.45) is 5.92 Å². The topological polar surface area (TPSA) is 80.8 Å². The van der Waals surface area contributed by atoms with Crippen LogP contribution in [0.4, 0.5) is 4.79 Å². The molecule has 3 rings (SSSR count). The van der Waals surface area contributed by atoms with Crippen molar-refractivity contribution in [1.82, 2.24) is 4.90 Å². The van der Waals surface area contributed by atoms with Crippen LogP contribution >= 0.6 is 11.6 Å². The van der Waals surface area contributed by atoms with Crippen LogP contribution in [0.5, 0.6) is 0 Å². The molecular formula is C21H34ClNO6. The normalized spacial score (nSPS) is 39.7. The lowest BCUT2D eigenvalue weighted by Gasteiger charge is -2.48. The number of hydrogen-bond donors (Lipinski definition) is 1. The minimum atomic E-state index is -1.14. The molecule has 3 aliphatic rings. The van der Waals surface area contributed by atoms with E-state index in [-0.39, 0.29) is 18.1 Å². The van der Waals surface area contributed by atoms with Crippen LogP contribution < -0.4 is 0 Å². The number of allylic oxidation sites excluding steroid dienone is 1. The second kappa shape index (κ2) is 9.10. The average Bonchev–Trinajstić information content (AvgIpc) is 3.38. The molecule has 29 heavy (non-hydrogen) atoms. The zero-order valence-corrected chi connectivity index (χ0v) is 18.6. The Kier molecular flexibility index (Phi) is 7.16. The number of nitrogens with zero attached hydrogens (tertiary/aromatic N) is 1. The van der Waals surface area contributed by atoms with E-state index < -0.39 is 29.3 Å². The SMILES string of the molecule is COC1C(OC(=O)N2CCOCC2)CCC(O)(CCl)C1C1(C)OC1CC=C(C)C. The molecule has 2 heterocycles. The third kappa shape index (κ3) is 4.74. The lowest BCUT2D eigenvalue weighted by molar-refractivity contribution is -0.173. The molecule has 6 unspecified atom stereocenters. The Morgan fingerprint density at radius 2 is 2.03 bits per heavy atom. The van der Waals surface area contributed by atoms with Gasteiger partial charge < -0.3 is 29.0 Å². The second-order valence-corrected chi connectivity index (χ2v) is 9.05. The van der Waals surface area contributed by atoms with Gasteiger partial charge in [0.05, 0.1) is 36.7 Å². The Balaban J connectivity index is 1.76. The molecule has 1 saturated carbocycles. The Morgan fingerprint density at radius 1 is 1.34 bits per heavy atom. The summed E-state index contributed by atoms with van der Waals surface area (Å²) in [5.41, 5.74) is -0.501. The highest BCUT2D eigenvalue weighted by atomic mass is 35.5. The minimum absolute atomic E-state index is 0.0245. The minimum Gasteiger partial charge on any atom is -0.443 e. The highest BCUT2D eigenvalue weighted by Gasteiger charge is 2.67. The fraction of sp³-hybridized carbons (Fsp3) is 0.857. The van der Waals surface area contributed by atoms with Gasteiger partial charge in [0.25, 0.3) is 0 Å². The predicted molar refractivity (Wildman–Crippen MR) is 109 cm³/mol. The molecule has 0 aromatic rings. The number of hydrogen-bond acceptors (Lipinski definition) is 6. The highest BCUT2D eigenvalue weighted by Crippen LogP contribution is 2.54. The van der Waals surface area contributed by atoms with Crippen molar-refractivity contribution in [2.45, 2.75) is 69.5 Å². The van der Waals surface area contributed by atoms with Gasteiger partial charge >= 0.3 is 6.09 Å². The van der Waals surface area contributed by atoms with Gasteiger partial charge in [-0.15, -0.1) is 11.6 Å². The van der Waals surface area contributed by atoms with Gasteiger partial charge in [0.1, 0.15) is 17.8 Å². The van der Waals surface area contributed by atoms with Crippen LogP contribution in [0.15, 0.2) is 11.6 Å². The summed E-state index contributed by atoms with van der Waals surface area (Å²) in [5.74, 6) is -0.319. The van der Waals surface area contributed by atoms with Gasteiger partial charge in [-0.3, -0.25) is 0 Å². The van der Waals surface area contributed by atoms with Gasteiger partial charge in [-0.1, -0.05) is 11.6 Å². The molecule has 8 heteroatoms. The number of amides is 1. The van der Waals surface area contributed by atoms with E-state index in [1.807, 2.05) is 6.92 Å². The van der Waals surface area contributed by atoms with E-state index in [4.69, 9.17) is 30.5 Å². The van der Waals surface area contributed by atoms with Crippen LogP contribution in [0.25, 0.3) is 0 Å². The van der Waals surface area contributed by atoms with Crippen LogP contribution in [0.1, 0.15) is 40.0 Å². The molecule has 0 aromatic heterocycles. The lowest BCUT2D eigenvalue weighted by Crippen LogP contribution is -2.61. The first-order chi connectivity index (χ1) is 13.7. The van der Waals surface area contributed by atoms with E-state index in [9.17, 15) is 9.90 Å². The predicted octanol–water partition coefficient (Wildman–Crippen LogP) is 2.73. The Labute approximate surface area is 178 Å². The van der Waals surface area contributed by atoms with E-state index in [0.29, 0.717) is 39.1 Å². The van der Waals surface area contributed by atoms with E-state index in [0.717, 1.165) is 6.42 Å². The first-order valence-electron chi connectivity index (χ1n) is 10.4. The van der Waals surface area contributed by atoms with Gasteiger partial charge in [-0.2, -0.15) is 0 Å². The third-order valence-corrected chi connectivity index (χ3v) is 6.96. The van der Waals surface area contributed by atoms with E-state index in [2.05, 4.69) is 19.9 Å². The summed E-state index contributed by atoms with van der Waals surface area (Å²) in [5, 5.41) is 11.3. The Hall–Kier alpha value is -0.860. The van der Waals surface area contributed by atoms with E-state index >= 15 is 0 Å². The molecule has 0 radical (unpaired) electrons. The summed E-state index contributed by atoms with van der Waals surface area (Å²) < 4.78 is 23.0. The first-order valence-corrected chi connectivity index (χ1v) is 10.9. The standard InChI is InChI=1S/C21H34ClNO6/c1-14(2)5-6-16-20(3,29-16)18-17(26-4)15(7-8-21(18,25)13-22)28-19(24)23-9-11-27-12-10-23/h5,15-18,25H,6-13H2,1-4H3. The molecule has 1 amide bonds. The van der Waals surface area contributed by atoms with Crippen molar-refractivity contribution in [3.63, 3.8) is 0 Å². The lowest BCUT2D eigenvalue weighted by atomic mass is 9.66. The molecule has 0 bridgehead atoms. The summed E-state index contributed by atoms with van der Waals surface area (Å²) in [7, 11) is 1.59. The van der Waals surface area contributed by atoms with Gasteiger partial charge in [0, 0.05) is 20.2 Å². The zero-order valence-electron chi connectivity index (χ0n) is 17.9. The molecule has 1 aliphatic carbocycles. The number of rotatable bonds is 6. The molecule has 2 aliphatic heterocycles. The number of ether oxygens (including phenoxy) is 4. The van der Waals surface area contributed by atoms with Gasteiger partial charge in [-0.05, 0) is 40.0 Å². The molecule has 166 valence electrons. The number of halogens is 1. The number of epoxide rings is 1. The molecule has 1 N–H and O–H groups in total. The molecule has 6 atom stereocenters. The van der Waals surface area contributed by atoms with Crippen molar-refractivity contribution in [3.05, 3.63) is 11.6 Å². The van der Waals surface area contributed by atoms with Gasteiger partial charge in [0.2, 0.25) is 0 Å². The Bertz CT molecular complexity index is 620. The highest BCUT2D eigenvalue weighted by molar-refractivity contribution is 6.18. The van der Waals surface area contributed by atoms with Crippen molar-refractivity contribution in [3.8, 4) is 0 Å². The monoisotopic (exact) mass is 431 g/mol. The Morgan fingerprint density at radius 3 is 2.62 bits per heavy atom. The smallest absolute Gasteiger partial charge is 0.410 e. The molecule has 2 saturated heterocycles. The average molecular weight is 432 g/mol. The van der Waals surface area contributed by atoms with Crippen molar-refractivity contribution < 1.29 is 28.8 Å². The van der Waals surface area contributed by atoms with E-state index in [1.54, 1.807) is 12.0 Å². The molecule has 3 fully saturated rings. The summed E-state index contributed by atoms with van der Waals surface area (Å²) >= 11 is 6.22. The van der Waals surface area contributed by atoms with Crippen LogP contribution in [0.3, 0.4) is 0 Å². The number of carbonyl (C=O) groups is 1. The quantitative estimate of drug-likeness (QED) is 0.395. The first kappa shape index (κ1) is 22.8. The summed E-state index contributed by atoms with van der Waals surface area (Å²) in [6.45, 7) is 8.16. The molecule has 7 nitrogen and oxygen atoms in total. The fourth-order valence-electron chi connectivity index (χ4n) is 4.78. The largest absolute Gasteiger partial charge is 0.443 e. The van der Waals surface area contributed by atoms with Gasteiger partial charge in [-0.25, -0.2) is 4.79 Å². The maximum absolute atomic E-state index is 12.6. The van der Waals surface area contributed by atoms with Gasteiger partial charge in [0.15, 0.2) is 0 Å². The number of alkyl halides is 1. The number of aliphatic hydroxyl groups is 1. The van der Waals surface area contributed by atoms with Crippen LogP contribution in [-0.4, -0.2) is 84.9 Å². The second-order valence-electron chi connectivity index (χ2n) is 8.78. The molecule has 0 spiro atoms. The summed E-state index contributed by atoms with van der Waals surface area (Å²) in [4.78, 5) is 14.3. The zero-order chi connectivity index (χ0) is 21.2. The van der Waals surface area contributed by atoms with Crippen LogP contribution in [-0.2, 0) is 18.9 Å². The number of carbonyl (C=O) groups excluding carboxylic acids is 1. The fourth-order valence-corrected chi connectivity index (χ4v) is 5.08. The molecule has 0 aromatic carbocycles. The number of methoxy groups -OCH3 is 1. The maximum Gasteiger partial charge on any atom is 0.410 e. The number of morpholine rings is 1. The third-order valence-electron chi connectivity index (χ3n) is 6.50. The van der Waals surface area contributed by atoms with E-state index in [1.165, 1.54) is 5.57 Å². The maximum atomic E-state index is 12.6. The summed E-state index contributed by atoms with van der Waals surface area (Å²) in [6.07, 6.45) is 2.47. The van der Waals surface area contributed by atoms with Crippen molar-refractivity contribution in [2.75, 3.05) is 39.3 Å². The molecular weight excluding hydrogens is 398 g/mol. The van der Waals surface area contributed by atoms with Crippen molar-refractivity contribution >= 4 is 17.7 Å². The van der Waals surface area contributed by atoms with Crippen LogP contribution in [0, 0.1) is 5.92 Å². The van der Waals surface area contributed by atoms with Crippen LogP contribution in [0.2, 0.25) is 0 Å². The summed E-state index contributed by atoms with van der Waals surface area (Å²) in [6, 6.07) is 0. The van der Waals surface area contributed by atoms with Crippen molar-refractivity contribution in [1.29, 1.82) is 0 Å².